The first-order chi connectivity index (χ1) is 8.56. The highest BCUT2D eigenvalue weighted by Crippen LogP contribution is 2.22. The molecule has 0 aliphatic carbocycles. The first-order valence-electron chi connectivity index (χ1n) is 6.71. The smallest absolute Gasteiger partial charge is 0.221 e. The minimum atomic E-state index is -0.0316. The lowest BCUT2D eigenvalue weighted by atomic mass is 10.1. The summed E-state index contributed by atoms with van der Waals surface area (Å²) in [5.74, 6) is -0.0316. The van der Waals surface area contributed by atoms with Crippen LogP contribution in [-0.2, 0) is 4.79 Å². The van der Waals surface area contributed by atoms with Crippen LogP contribution >= 0.6 is 0 Å². The molecule has 0 fully saturated rings. The van der Waals surface area contributed by atoms with Crippen LogP contribution < -0.4 is 10.6 Å². The second kappa shape index (κ2) is 7.04. The normalized spacial score (nSPS) is 12.0. The number of carbonyl (C=O) groups is 1. The van der Waals surface area contributed by atoms with E-state index in [1.165, 1.54) is 19.8 Å². The molecule has 2 N–H and O–H groups in total. The van der Waals surface area contributed by atoms with Crippen LogP contribution in [0.25, 0.3) is 0 Å². The summed E-state index contributed by atoms with van der Waals surface area (Å²) in [6.45, 7) is 7.92. The van der Waals surface area contributed by atoms with Gasteiger partial charge in [-0.2, -0.15) is 0 Å². The molecular weight excluding hydrogens is 224 g/mol. The van der Waals surface area contributed by atoms with Gasteiger partial charge in [-0.15, -0.1) is 0 Å². The summed E-state index contributed by atoms with van der Waals surface area (Å²) in [7, 11) is 0. The fourth-order valence-corrected chi connectivity index (χ4v) is 2.00. The van der Waals surface area contributed by atoms with Crippen LogP contribution in [0.1, 0.15) is 45.6 Å². The Morgan fingerprint density at radius 1 is 1.33 bits per heavy atom. The van der Waals surface area contributed by atoms with Crippen LogP contribution in [-0.4, -0.2) is 11.9 Å². The molecule has 0 radical (unpaired) electrons. The minimum Gasteiger partial charge on any atom is -0.382 e. The van der Waals surface area contributed by atoms with E-state index in [1.807, 2.05) is 19.1 Å². The van der Waals surface area contributed by atoms with E-state index >= 15 is 0 Å². The number of carbonyl (C=O) groups excluding carboxylic acids is 1. The molecule has 1 atom stereocenters. The zero-order valence-electron chi connectivity index (χ0n) is 11.8. The van der Waals surface area contributed by atoms with Gasteiger partial charge in [-0.1, -0.05) is 26.3 Å². The molecule has 1 rings (SSSR count). The van der Waals surface area contributed by atoms with Gasteiger partial charge in [0.1, 0.15) is 0 Å². The van der Waals surface area contributed by atoms with Crippen LogP contribution in [0.3, 0.4) is 0 Å². The van der Waals surface area contributed by atoms with E-state index < -0.39 is 0 Å². The summed E-state index contributed by atoms with van der Waals surface area (Å²) >= 11 is 0. The number of benzene rings is 1. The maximum absolute atomic E-state index is 11.1. The van der Waals surface area contributed by atoms with E-state index in [-0.39, 0.29) is 5.91 Å². The molecule has 1 unspecified atom stereocenters. The van der Waals surface area contributed by atoms with Crippen molar-refractivity contribution in [1.29, 1.82) is 0 Å². The van der Waals surface area contributed by atoms with Crippen molar-refractivity contribution in [2.45, 2.75) is 53.0 Å². The third kappa shape index (κ3) is 4.40. The largest absolute Gasteiger partial charge is 0.382 e. The standard InChI is InChI=1S/C15H24N2O/c1-5-7-13(6-2)17-14-9-8-11(3)15(10-14)16-12(4)18/h8-10,13,17H,5-7H2,1-4H3,(H,16,18). The number of aryl methyl sites for hydroxylation is 1. The molecule has 1 aromatic carbocycles. The van der Waals surface area contributed by atoms with Crippen LogP contribution in [0.15, 0.2) is 18.2 Å². The van der Waals surface area contributed by atoms with Gasteiger partial charge in [0.25, 0.3) is 0 Å². The minimum absolute atomic E-state index is 0.0316. The second-order valence-corrected chi connectivity index (χ2v) is 4.75. The van der Waals surface area contributed by atoms with Gasteiger partial charge in [0.15, 0.2) is 0 Å². The molecule has 100 valence electrons. The number of hydrogen-bond donors (Lipinski definition) is 2. The van der Waals surface area contributed by atoms with Crippen LogP contribution in [0, 0.1) is 6.92 Å². The molecule has 0 bridgehead atoms. The van der Waals surface area contributed by atoms with Gasteiger partial charge in [-0.25, -0.2) is 0 Å². The van der Waals surface area contributed by atoms with Gasteiger partial charge in [-0.3, -0.25) is 4.79 Å². The molecule has 0 aliphatic rings. The molecule has 0 heterocycles. The number of amides is 1. The van der Waals surface area contributed by atoms with Crippen LogP contribution in [0.5, 0.6) is 0 Å². The number of nitrogens with one attached hydrogen (secondary N) is 2. The van der Waals surface area contributed by atoms with E-state index in [4.69, 9.17) is 0 Å². The number of anilines is 2. The predicted octanol–water partition coefficient (Wildman–Crippen LogP) is 3.94. The lowest BCUT2D eigenvalue weighted by molar-refractivity contribution is -0.114. The van der Waals surface area contributed by atoms with E-state index in [9.17, 15) is 4.79 Å². The van der Waals surface area contributed by atoms with Crippen molar-refractivity contribution in [2.24, 2.45) is 0 Å². The number of rotatable bonds is 6. The number of hydrogen-bond acceptors (Lipinski definition) is 2. The third-order valence-corrected chi connectivity index (χ3v) is 3.05. The first kappa shape index (κ1) is 14.6. The zero-order valence-corrected chi connectivity index (χ0v) is 11.8. The maximum Gasteiger partial charge on any atom is 0.221 e. The molecule has 0 saturated heterocycles. The molecule has 0 spiro atoms. The molecule has 3 heteroatoms. The van der Waals surface area contributed by atoms with Crippen LogP contribution in [0.2, 0.25) is 0 Å². The Morgan fingerprint density at radius 2 is 2.06 bits per heavy atom. The van der Waals surface area contributed by atoms with Gasteiger partial charge in [0, 0.05) is 24.3 Å². The molecular formula is C15H24N2O. The first-order valence-corrected chi connectivity index (χ1v) is 6.71. The Kier molecular flexibility index (Phi) is 5.69. The van der Waals surface area contributed by atoms with Gasteiger partial charge in [-0.05, 0) is 37.5 Å². The quantitative estimate of drug-likeness (QED) is 0.800. The highest BCUT2D eigenvalue weighted by molar-refractivity contribution is 5.90. The van der Waals surface area contributed by atoms with Gasteiger partial charge in [0.2, 0.25) is 5.91 Å². The summed E-state index contributed by atoms with van der Waals surface area (Å²) < 4.78 is 0. The fourth-order valence-electron chi connectivity index (χ4n) is 2.00. The Bertz CT molecular complexity index is 401. The summed E-state index contributed by atoms with van der Waals surface area (Å²) in [6, 6.07) is 6.61. The highest BCUT2D eigenvalue weighted by atomic mass is 16.1. The molecule has 18 heavy (non-hydrogen) atoms. The molecule has 0 aromatic heterocycles. The topological polar surface area (TPSA) is 41.1 Å². The monoisotopic (exact) mass is 248 g/mol. The summed E-state index contributed by atoms with van der Waals surface area (Å²) in [6.07, 6.45) is 3.45. The molecule has 3 nitrogen and oxygen atoms in total. The van der Waals surface area contributed by atoms with E-state index in [0.717, 1.165) is 23.4 Å². The van der Waals surface area contributed by atoms with Crippen molar-refractivity contribution in [1.82, 2.24) is 0 Å². The van der Waals surface area contributed by atoms with Crippen molar-refractivity contribution >= 4 is 17.3 Å². The third-order valence-electron chi connectivity index (χ3n) is 3.05. The summed E-state index contributed by atoms with van der Waals surface area (Å²) in [5.41, 5.74) is 3.04. The Balaban J connectivity index is 2.80. The van der Waals surface area contributed by atoms with Crippen molar-refractivity contribution < 1.29 is 4.79 Å². The second-order valence-electron chi connectivity index (χ2n) is 4.75. The fraction of sp³-hybridized carbons (Fsp3) is 0.533. The average molecular weight is 248 g/mol. The van der Waals surface area contributed by atoms with E-state index in [2.05, 4.69) is 30.5 Å². The molecule has 0 aliphatic heterocycles. The van der Waals surface area contributed by atoms with Gasteiger partial charge in [0.05, 0.1) is 0 Å². The van der Waals surface area contributed by atoms with E-state index in [1.54, 1.807) is 0 Å². The van der Waals surface area contributed by atoms with Crippen molar-refractivity contribution in [3.63, 3.8) is 0 Å². The lowest BCUT2D eigenvalue weighted by Gasteiger charge is -2.18. The predicted molar refractivity (Wildman–Crippen MR) is 78.1 cm³/mol. The van der Waals surface area contributed by atoms with Crippen LogP contribution in [0.4, 0.5) is 11.4 Å². The van der Waals surface area contributed by atoms with Crippen molar-refractivity contribution in [3.05, 3.63) is 23.8 Å². The summed E-state index contributed by atoms with van der Waals surface area (Å²) in [5, 5.41) is 6.38. The summed E-state index contributed by atoms with van der Waals surface area (Å²) in [4.78, 5) is 11.1. The SMILES string of the molecule is CCCC(CC)Nc1ccc(C)c(NC(C)=O)c1. The Labute approximate surface area is 110 Å². The Morgan fingerprint density at radius 3 is 2.61 bits per heavy atom. The molecule has 1 amide bonds. The van der Waals surface area contributed by atoms with Crippen molar-refractivity contribution in [2.75, 3.05) is 10.6 Å². The highest BCUT2D eigenvalue weighted by Gasteiger charge is 2.07. The van der Waals surface area contributed by atoms with E-state index in [0.29, 0.717) is 6.04 Å². The molecule has 1 aromatic rings. The van der Waals surface area contributed by atoms with Gasteiger partial charge >= 0.3 is 0 Å². The Hall–Kier alpha value is -1.51. The molecule has 0 saturated carbocycles. The average Bonchev–Trinajstić information content (AvgIpc) is 2.32. The van der Waals surface area contributed by atoms with Crippen molar-refractivity contribution in [3.8, 4) is 0 Å². The zero-order chi connectivity index (χ0) is 13.5. The maximum atomic E-state index is 11.1. The lowest BCUT2D eigenvalue weighted by Crippen LogP contribution is -2.18. The van der Waals surface area contributed by atoms with Gasteiger partial charge < -0.3 is 10.6 Å².